The van der Waals surface area contributed by atoms with Crippen LogP contribution in [0, 0.1) is 13.8 Å². The predicted octanol–water partition coefficient (Wildman–Crippen LogP) is 3.74. The van der Waals surface area contributed by atoms with Gasteiger partial charge in [-0.3, -0.25) is 4.98 Å². The van der Waals surface area contributed by atoms with Crippen LogP contribution in [-0.4, -0.2) is 26.6 Å². The molecular weight excluding hydrogens is 344 g/mol. The quantitative estimate of drug-likeness (QED) is 0.713. The topological polar surface area (TPSA) is 46.2 Å². The van der Waals surface area contributed by atoms with E-state index in [-0.39, 0.29) is 12.1 Å². The summed E-state index contributed by atoms with van der Waals surface area (Å²) in [6.45, 7) is 5.03. The number of aromatic nitrogens is 2. The van der Waals surface area contributed by atoms with E-state index in [4.69, 9.17) is 16.6 Å². The highest BCUT2D eigenvalue weighted by molar-refractivity contribution is 7.80. The maximum absolute atomic E-state index is 5.54. The Morgan fingerprint density at radius 3 is 2.77 bits per heavy atom. The van der Waals surface area contributed by atoms with Crippen molar-refractivity contribution in [3.05, 3.63) is 77.3 Å². The second-order valence-corrected chi connectivity index (χ2v) is 7.12. The Morgan fingerprint density at radius 2 is 2.08 bits per heavy atom. The fourth-order valence-electron chi connectivity index (χ4n) is 3.78. The lowest BCUT2D eigenvalue weighted by molar-refractivity contribution is 0.366. The van der Waals surface area contributed by atoms with Gasteiger partial charge >= 0.3 is 0 Å². The van der Waals surface area contributed by atoms with E-state index in [0.717, 1.165) is 23.1 Å². The molecule has 0 bridgehead atoms. The zero-order valence-corrected chi connectivity index (χ0v) is 16.0. The normalized spacial score (nSPS) is 19.8. The first-order chi connectivity index (χ1) is 12.6. The molecule has 134 valence electrons. The molecule has 1 N–H and O–H groups in total. The Labute approximate surface area is 158 Å². The third kappa shape index (κ3) is 2.80. The highest BCUT2D eigenvalue weighted by Gasteiger charge is 2.39. The molecule has 2 atom stereocenters. The molecule has 1 aliphatic rings. The van der Waals surface area contributed by atoms with Crippen LogP contribution in [-0.2, 0) is 6.54 Å². The van der Waals surface area contributed by atoms with Crippen LogP contribution in [0.4, 0.5) is 0 Å². The average molecular weight is 366 g/mol. The fourth-order valence-corrected chi connectivity index (χ4v) is 4.02. The van der Waals surface area contributed by atoms with Gasteiger partial charge < -0.3 is 19.2 Å². The summed E-state index contributed by atoms with van der Waals surface area (Å²) in [5, 5.41) is 4.19. The molecule has 26 heavy (non-hydrogen) atoms. The van der Waals surface area contributed by atoms with Crippen LogP contribution >= 0.6 is 12.2 Å². The molecule has 1 aliphatic heterocycles. The molecule has 0 saturated carbocycles. The molecule has 0 aliphatic carbocycles. The third-order valence-corrected chi connectivity index (χ3v) is 5.57. The third-order valence-electron chi connectivity index (χ3n) is 5.16. The lowest BCUT2D eigenvalue weighted by Gasteiger charge is -2.24. The van der Waals surface area contributed by atoms with E-state index >= 15 is 0 Å². The van der Waals surface area contributed by atoms with Crippen molar-refractivity contribution >= 4 is 17.3 Å². The Balaban J connectivity index is 1.74. The highest BCUT2D eigenvalue weighted by Crippen LogP contribution is 2.39. The van der Waals surface area contributed by atoms with Crippen LogP contribution < -0.4 is 5.32 Å². The number of hydrogen-bond donors (Lipinski definition) is 1. The minimum absolute atomic E-state index is 0.0336. The van der Waals surface area contributed by atoms with Crippen molar-refractivity contribution in [3.8, 4) is 0 Å². The molecule has 3 aromatic rings. The van der Waals surface area contributed by atoms with Crippen molar-refractivity contribution in [2.45, 2.75) is 32.5 Å². The van der Waals surface area contributed by atoms with E-state index in [1.165, 1.54) is 17.0 Å². The number of rotatable bonds is 4. The van der Waals surface area contributed by atoms with Crippen LogP contribution in [0.1, 0.15) is 40.5 Å². The molecule has 2 unspecified atom stereocenters. The van der Waals surface area contributed by atoms with Crippen molar-refractivity contribution in [1.29, 1.82) is 0 Å². The summed E-state index contributed by atoms with van der Waals surface area (Å²) >= 11 is 5.54. The van der Waals surface area contributed by atoms with Crippen molar-refractivity contribution < 1.29 is 4.42 Å². The standard InChI is InChI=1S/C20H22N4OS/c1-13-11-16(14(2)24(13)12-15-7-6-10-25-15)19-18(22-20(26)23(19)3)17-8-4-5-9-21-17/h4-11,18-19H,12H2,1-3H3,(H,22,26). The largest absolute Gasteiger partial charge is 0.467 e. The summed E-state index contributed by atoms with van der Waals surface area (Å²) in [4.78, 5) is 6.69. The average Bonchev–Trinajstić information content (AvgIpc) is 3.33. The van der Waals surface area contributed by atoms with Gasteiger partial charge in [0.25, 0.3) is 0 Å². The number of nitrogens with one attached hydrogen (secondary N) is 1. The lowest BCUT2D eigenvalue weighted by Crippen LogP contribution is -2.25. The van der Waals surface area contributed by atoms with Crippen LogP contribution in [0.2, 0.25) is 0 Å². The Hall–Kier alpha value is -2.60. The van der Waals surface area contributed by atoms with Gasteiger partial charge in [-0.15, -0.1) is 0 Å². The van der Waals surface area contributed by atoms with E-state index in [1.807, 2.05) is 37.5 Å². The Kier molecular flexibility index (Phi) is 4.28. The molecule has 0 radical (unpaired) electrons. The Morgan fingerprint density at radius 1 is 1.23 bits per heavy atom. The van der Waals surface area contributed by atoms with Gasteiger partial charge in [-0.25, -0.2) is 0 Å². The zero-order chi connectivity index (χ0) is 18.3. The summed E-state index contributed by atoms with van der Waals surface area (Å²) in [5.41, 5.74) is 4.70. The van der Waals surface area contributed by atoms with Crippen LogP contribution in [0.25, 0.3) is 0 Å². The number of pyridine rings is 1. The highest BCUT2D eigenvalue weighted by atomic mass is 32.1. The molecule has 1 saturated heterocycles. The van der Waals surface area contributed by atoms with E-state index in [1.54, 1.807) is 6.26 Å². The van der Waals surface area contributed by atoms with Gasteiger partial charge in [0, 0.05) is 24.6 Å². The first-order valence-electron chi connectivity index (χ1n) is 8.69. The van der Waals surface area contributed by atoms with Gasteiger partial charge in [0.1, 0.15) is 5.76 Å². The first kappa shape index (κ1) is 16.8. The van der Waals surface area contributed by atoms with E-state index in [2.05, 4.69) is 45.7 Å². The molecule has 0 aromatic carbocycles. The number of nitrogens with zero attached hydrogens (tertiary/aromatic N) is 3. The first-order valence-corrected chi connectivity index (χ1v) is 9.10. The summed E-state index contributed by atoms with van der Waals surface area (Å²) in [7, 11) is 2.04. The van der Waals surface area contributed by atoms with E-state index in [0.29, 0.717) is 0 Å². The molecule has 6 heteroatoms. The number of furan rings is 1. The molecule has 1 fully saturated rings. The predicted molar refractivity (Wildman–Crippen MR) is 105 cm³/mol. The summed E-state index contributed by atoms with van der Waals surface area (Å²) in [6.07, 6.45) is 3.55. The van der Waals surface area contributed by atoms with Gasteiger partial charge in [0.2, 0.25) is 0 Å². The second kappa shape index (κ2) is 6.61. The number of hydrogen-bond acceptors (Lipinski definition) is 3. The van der Waals surface area contributed by atoms with Gasteiger partial charge in [-0.2, -0.15) is 0 Å². The second-order valence-electron chi connectivity index (χ2n) is 6.73. The minimum atomic E-state index is 0.0336. The van der Waals surface area contributed by atoms with Crippen LogP contribution in [0.5, 0.6) is 0 Å². The zero-order valence-electron chi connectivity index (χ0n) is 15.1. The van der Waals surface area contributed by atoms with Crippen molar-refractivity contribution in [2.24, 2.45) is 0 Å². The van der Waals surface area contributed by atoms with Gasteiger partial charge in [-0.05, 0) is 62.0 Å². The van der Waals surface area contributed by atoms with E-state index < -0.39 is 0 Å². The molecular formula is C20H22N4OS. The summed E-state index contributed by atoms with van der Waals surface area (Å²) in [6, 6.07) is 12.3. The molecule has 5 nitrogen and oxygen atoms in total. The minimum Gasteiger partial charge on any atom is -0.467 e. The number of aryl methyl sites for hydroxylation is 1. The monoisotopic (exact) mass is 366 g/mol. The smallest absolute Gasteiger partial charge is 0.169 e. The molecule has 0 spiro atoms. The fraction of sp³-hybridized carbons (Fsp3) is 0.300. The summed E-state index contributed by atoms with van der Waals surface area (Å²) in [5.74, 6) is 0.952. The van der Waals surface area contributed by atoms with Gasteiger partial charge in [-0.1, -0.05) is 6.07 Å². The van der Waals surface area contributed by atoms with Crippen LogP contribution in [0.15, 0.2) is 53.3 Å². The maximum Gasteiger partial charge on any atom is 0.169 e. The Bertz CT molecular complexity index is 917. The van der Waals surface area contributed by atoms with Crippen molar-refractivity contribution in [1.82, 2.24) is 19.8 Å². The molecule has 4 heterocycles. The lowest BCUT2D eigenvalue weighted by atomic mass is 9.97. The van der Waals surface area contributed by atoms with Crippen molar-refractivity contribution in [2.75, 3.05) is 7.05 Å². The molecule has 3 aromatic heterocycles. The maximum atomic E-state index is 5.54. The molecule has 4 rings (SSSR count). The number of thiocarbonyl (C=S) groups is 1. The van der Waals surface area contributed by atoms with E-state index in [9.17, 15) is 0 Å². The van der Waals surface area contributed by atoms with Gasteiger partial charge in [0.05, 0.1) is 30.6 Å². The van der Waals surface area contributed by atoms with Crippen LogP contribution in [0.3, 0.4) is 0 Å². The van der Waals surface area contributed by atoms with Crippen molar-refractivity contribution in [3.63, 3.8) is 0 Å². The number of likely N-dealkylation sites (N-methyl/N-ethyl adjacent to an activating group) is 1. The summed E-state index contributed by atoms with van der Waals surface area (Å²) < 4.78 is 7.83. The van der Waals surface area contributed by atoms with Gasteiger partial charge in [0.15, 0.2) is 5.11 Å². The molecule has 0 amide bonds. The SMILES string of the molecule is Cc1cc(C2C(c3ccccn3)NC(=S)N2C)c(C)n1Cc1ccco1.